The summed E-state index contributed by atoms with van der Waals surface area (Å²) in [5, 5.41) is 2.60. The first-order valence-corrected chi connectivity index (χ1v) is 6.20. The van der Waals surface area contributed by atoms with Gasteiger partial charge in [0.15, 0.2) is 0 Å². The minimum Gasteiger partial charge on any atom is -0.301 e. The molecule has 2 aliphatic rings. The van der Waals surface area contributed by atoms with Crippen molar-refractivity contribution in [3.05, 3.63) is 0 Å². The molecule has 0 radical (unpaired) electrons. The van der Waals surface area contributed by atoms with Crippen LogP contribution in [0.5, 0.6) is 0 Å². The number of nitrogens with one attached hydrogen (secondary N) is 1. The number of hydrogen-bond donors (Lipinski definition) is 1. The van der Waals surface area contributed by atoms with Crippen molar-refractivity contribution < 1.29 is 9.59 Å². The van der Waals surface area contributed by atoms with Gasteiger partial charge in [-0.2, -0.15) is 0 Å². The van der Waals surface area contributed by atoms with Crippen molar-refractivity contribution in [2.45, 2.75) is 45.1 Å². The maximum atomic E-state index is 12.0. The highest BCUT2D eigenvalue weighted by atomic mass is 32.1. The van der Waals surface area contributed by atoms with E-state index in [0.29, 0.717) is 4.99 Å². The molecule has 1 saturated carbocycles. The summed E-state index contributed by atoms with van der Waals surface area (Å²) < 4.78 is 0. The summed E-state index contributed by atoms with van der Waals surface area (Å²) in [6.45, 7) is 1.75. The maximum absolute atomic E-state index is 12.0. The second-order valence-corrected chi connectivity index (χ2v) is 4.96. The summed E-state index contributed by atoms with van der Waals surface area (Å²) in [5.74, 6) is -0.504. The highest BCUT2D eigenvalue weighted by Gasteiger charge is 2.39. The lowest BCUT2D eigenvalue weighted by Gasteiger charge is -2.37. The molecule has 1 atom stereocenters. The van der Waals surface area contributed by atoms with E-state index in [1.54, 1.807) is 6.92 Å². The maximum Gasteiger partial charge on any atom is 0.329 e. The predicted molar refractivity (Wildman–Crippen MR) is 64.0 cm³/mol. The Bertz CT molecular complexity index is 337. The monoisotopic (exact) mass is 240 g/mol. The Balaban J connectivity index is 2.15. The van der Waals surface area contributed by atoms with E-state index >= 15 is 0 Å². The number of thiocarbonyl (C=S) groups is 1. The fraction of sp³-hybridized carbons (Fsp3) is 0.727. The Kier molecular flexibility index (Phi) is 3.23. The summed E-state index contributed by atoms with van der Waals surface area (Å²) in [6.07, 6.45) is 5.26. The van der Waals surface area contributed by atoms with Crippen LogP contribution in [0.3, 0.4) is 0 Å². The van der Waals surface area contributed by atoms with Gasteiger partial charge in [-0.25, -0.2) is 4.79 Å². The van der Waals surface area contributed by atoms with Crippen molar-refractivity contribution in [1.29, 1.82) is 0 Å². The van der Waals surface area contributed by atoms with Crippen molar-refractivity contribution >= 4 is 29.1 Å². The second kappa shape index (κ2) is 4.49. The molecule has 1 heterocycles. The molecule has 1 unspecified atom stereocenters. The van der Waals surface area contributed by atoms with Crippen molar-refractivity contribution in [2.75, 3.05) is 0 Å². The van der Waals surface area contributed by atoms with E-state index in [9.17, 15) is 9.59 Å². The van der Waals surface area contributed by atoms with Crippen LogP contribution in [0.2, 0.25) is 0 Å². The third-order valence-electron chi connectivity index (χ3n) is 3.39. The molecule has 1 aliphatic heterocycles. The summed E-state index contributed by atoms with van der Waals surface area (Å²) in [6, 6.07) is -0.258. The smallest absolute Gasteiger partial charge is 0.301 e. The van der Waals surface area contributed by atoms with Gasteiger partial charge in [-0.3, -0.25) is 9.69 Å². The topological polar surface area (TPSA) is 49.4 Å². The molecule has 1 saturated heterocycles. The van der Waals surface area contributed by atoms with Crippen LogP contribution in [0, 0.1) is 5.92 Å². The third-order valence-corrected chi connectivity index (χ3v) is 3.85. The van der Waals surface area contributed by atoms with Crippen molar-refractivity contribution in [2.24, 2.45) is 5.92 Å². The van der Waals surface area contributed by atoms with E-state index in [-0.39, 0.29) is 23.9 Å². The molecule has 0 bridgehead atoms. The molecule has 16 heavy (non-hydrogen) atoms. The van der Waals surface area contributed by atoms with E-state index in [1.165, 1.54) is 11.3 Å². The van der Waals surface area contributed by atoms with E-state index in [2.05, 4.69) is 5.32 Å². The van der Waals surface area contributed by atoms with Gasteiger partial charge in [-0.15, -0.1) is 0 Å². The van der Waals surface area contributed by atoms with E-state index < -0.39 is 0 Å². The number of amides is 3. The lowest BCUT2D eigenvalue weighted by atomic mass is 9.93. The average molecular weight is 240 g/mol. The molecule has 5 heteroatoms. The Morgan fingerprint density at radius 3 is 2.50 bits per heavy atom. The normalized spacial score (nSPS) is 28.2. The van der Waals surface area contributed by atoms with Gasteiger partial charge in [0.25, 0.3) is 0 Å². The third kappa shape index (κ3) is 1.96. The Hall–Kier alpha value is -0.970. The second-order valence-electron chi connectivity index (χ2n) is 4.52. The van der Waals surface area contributed by atoms with Gasteiger partial charge in [-0.05, 0) is 19.8 Å². The first-order chi connectivity index (χ1) is 7.61. The molecule has 0 aromatic heterocycles. The molecular weight excluding hydrogens is 224 g/mol. The van der Waals surface area contributed by atoms with Gasteiger partial charge in [0, 0.05) is 6.04 Å². The van der Waals surface area contributed by atoms with Crippen LogP contribution in [0.25, 0.3) is 0 Å². The van der Waals surface area contributed by atoms with Crippen molar-refractivity contribution in [1.82, 2.24) is 10.2 Å². The number of imide groups is 1. The van der Waals surface area contributed by atoms with Gasteiger partial charge in [0.1, 0.15) is 0 Å². The zero-order chi connectivity index (χ0) is 11.7. The minimum atomic E-state index is -0.366. The van der Waals surface area contributed by atoms with E-state index in [1.807, 2.05) is 0 Å². The number of rotatable bonds is 1. The summed E-state index contributed by atoms with van der Waals surface area (Å²) >= 11 is 4.96. The van der Waals surface area contributed by atoms with E-state index in [0.717, 1.165) is 25.7 Å². The van der Waals surface area contributed by atoms with E-state index in [4.69, 9.17) is 12.2 Å². The number of carbonyl (C=O) groups is 2. The highest BCUT2D eigenvalue weighted by Crippen LogP contribution is 2.25. The van der Waals surface area contributed by atoms with Crippen molar-refractivity contribution in [3.8, 4) is 0 Å². The number of hydrogen-bond acceptors (Lipinski definition) is 3. The van der Waals surface area contributed by atoms with Gasteiger partial charge in [0.05, 0.1) is 10.9 Å². The lowest BCUT2D eigenvalue weighted by molar-refractivity contribution is -0.132. The molecule has 0 aromatic carbocycles. The van der Waals surface area contributed by atoms with Crippen LogP contribution >= 0.6 is 12.2 Å². The zero-order valence-corrected chi connectivity index (χ0v) is 10.2. The lowest BCUT2D eigenvalue weighted by Crippen LogP contribution is -2.60. The minimum absolute atomic E-state index is 0.0757. The van der Waals surface area contributed by atoms with Gasteiger partial charge in [-0.1, -0.05) is 31.5 Å². The molecule has 88 valence electrons. The van der Waals surface area contributed by atoms with Crippen LogP contribution in [-0.4, -0.2) is 27.9 Å². The average Bonchev–Trinajstić information content (AvgIpc) is 2.28. The largest absolute Gasteiger partial charge is 0.329 e. The fourth-order valence-electron chi connectivity index (χ4n) is 2.38. The Labute approximate surface area is 100 Å². The van der Waals surface area contributed by atoms with Crippen LogP contribution < -0.4 is 5.32 Å². The summed E-state index contributed by atoms with van der Waals surface area (Å²) in [5.41, 5.74) is 0. The quantitative estimate of drug-likeness (QED) is 0.711. The Morgan fingerprint density at radius 1 is 1.25 bits per heavy atom. The summed E-state index contributed by atoms with van der Waals surface area (Å²) in [7, 11) is 0. The van der Waals surface area contributed by atoms with Crippen LogP contribution in [0.15, 0.2) is 0 Å². The number of urea groups is 1. The zero-order valence-electron chi connectivity index (χ0n) is 9.36. The molecule has 2 fully saturated rings. The van der Waals surface area contributed by atoms with Crippen LogP contribution in [0.4, 0.5) is 4.79 Å². The first kappa shape index (κ1) is 11.5. The molecule has 3 amide bonds. The molecule has 1 aliphatic carbocycles. The van der Waals surface area contributed by atoms with Crippen LogP contribution in [-0.2, 0) is 4.79 Å². The SMILES string of the molecule is CC1C(=O)N(C2CCCCC2)C(=O)NC1=S. The number of nitrogens with zero attached hydrogens (tertiary/aromatic N) is 1. The molecule has 0 aromatic rings. The van der Waals surface area contributed by atoms with Gasteiger partial charge in [0.2, 0.25) is 5.91 Å². The number of carbonyl (C=O) groups excluding carboxylic acids is 2. The Morgan fingerprint density at radius 2 is 1.88 bits per heavy atom. The highest BCUT2D eigenvalue weighted by molar-refractivity contribution is 7.80. The van der Waals surface area contributed by atoms with Gasteiger partial charge >= 0.3 is 6.03 Å². The molecular formula is C11H16N2O2S. The molecule has 1 N–H and O–H groups in total. The van der Waals surface area contributed by atoms with Crippen LogP contribution in [0.1, 0.15) is 39.0 Å². The molecule has 2 rings (SSSR count). The van der Waals surface area contributed by atoms with Crippen molar-refractivity contribution in [3.63, 3.8) is 0 Å². The first-order valence-electron chi connectivity index (χ1n) is 5.79. The standard InChI is InChI=1S/C11H16N2O2S/c1-7-9(16)12-11(15)13(10(7)14)8-5-3-2-4-6-8/h7-8H,2-6H2,1H3,(H,12,15,16). The van der Waals surface area contributed by atoms with Gasteiger partial charge < -0.3 is 5.32 Å². The molecule has 4 nitrogen and oxygen atoms in total. The summed E-state index contributed by atoms with van der Waals surface area (Å²) in [4.78, 5) is 25.5. The fourth-order valence-corrected chi connectivity index (χ4v) is 2.57. The molecule has 0 spiro atoms. The predicted octanol–water partition coefficient (Wildman–Crippen LogP) is 1.83.